The predicted molar refractivity (Wildman–Crippen MR) is 86.1 cm³/mol. The van der Waals surface area contributed by atoms with Crippen molar-refractivity contribution in [2.45, 2.75) is 58.7 Å². The Morgan fingerprint density at radius 1 is 1.33 bits per heavy atom. The van der Waals surface area contributed by atoms with E-state index in [1.165, 1.54) is 51.1 Å². The first-order chi connectivity index (χ1) is 10.3. The average Bonchev–Trinajstić information content (AvgIpc) is 2.94. The summed E-state index contributed by atoms with van der Waals surface area (Å²) in [7, 11) is 0. The molecule has 1 aliphatic carbocycles. The number of aromatic nitrogens is 2. The van der Waals surface area contributed by atoms with Gasteiger partial charge >= 0.3 is 0 Å². The zero-order chi connectivity index (χ0) is 14.7. The maximum atomic E-state index is 4.49. The first-order valence-electron chi connectivity index (χ1n) is 8.72. The van der Waals surface area contributed by atoms with Gasteiger partial charge in [-0.15, -0.1) is 0 Å². The van der Waals surface area contributed by atoms with Crippen LogP contribution in [0.15, 0.2) is 12.4 Å². The van der Waals surface area contributed by atoms with Crippen LogP contribution in [0.5, 0.6) is 0 Å². The number of imidazole rings is 1. The Bertz CT molecular complexity index is 440. The largest absolute Gasteiger partial charge is 0.333 e. The molecule has 1 saturated carbocycles. The molecule has 4 heteroatoms. The van der Waals surface area contributed by atoms with Crippen molar-refractivity contribution in [3.05, 3.63) is 18.2 Å². The Kier molecular flexibility index (Phi) is 4.96. The van der Waals surface area contributed by atoms with Gasteiger partial charge in [-0.3, -0.25) is 4.90 Å². The van der Waals surface area contributed by atoms with E-state index in [1.807, 2.05) is 6.20 Å². The van der Waals surface area contributed by atoms with Crippen LogP contribution >= 0.6 is 0 Å². The van der Waals surface area contributed by atoms with Crippen LogP contribution in [-0.4, -0.2) is 40.1 Å². The first kappa shape index (κ1) is 15.0. The molecule has 1 aromatic heterocycles. The fourth-order valence-corrected chi connectivity index (χ4v) is 4.01. The summed E-state index contributed by atoms with van der Waals surface area (Å²) >= 11 is 0. The number of hydrogen-bond donors (Lipinski definition) is 1. The SMILES string of the molecule is CCCNC1CCC(C)CC1CN1CCn2ccnc2C1. The molecule has 0 spiro atoms. The summed E-state index contributed by atoms with van der Waals surface area (Å²) in [5.74, 6) is 2.94. The second kappa shape index (κ2) is 6.93. The van der Waals surface area contributed by atoms with Gasteiger partial charge in [-0.05, 0) is 44.1 Å². The van der Waals surface area contributed by atoms with Crippen molar-refractivity contribution < 1.29 is 0 Å². The fourth-order valence-electron chi connectivity index (χ4n) is 4.01. The second-order valence-corrected chi connectivity index (χ2v) is 7.01. The van der Waals surface area contributed by atoms with Gasteiger partial charge in [0.2, 0.25) is 0 Å². The minimum absolute atomic E-state index is 0.725. The van der Waals surface area contributed by atoms with Crippen LogP contribution in [-0.2, 0) is 13.1 Å². The molecule has 4 nitrogen and oxygen atoms in total. The molecule has 2 heterocycles. The molecule has 1 aromatic rings. The number of fused-ring (bicyclic) bond motifs is 1. The van der Waals surface area contributed by atoms with Gasteiger partial charge in [-0.2, -0.15) is 0 Å². The van der Waals surface area contributed by atoms with E-state index in [0.717, 1.165) is 31.0 Å². The molecule has 0 aromatic carbocycles. The predicted octanol–water partition coefficient (Wildman–Crippen LogP) is 2.50. The van der Waals surface area contributed by atoms with Crippen LogP contribution in [0.25, 0.3) is 0 Å². The van der Waals surface area contributed by atoms with Crippen molar-refractivity contribution in [2.75, 3.05) is 19.6 Å². The Morgan fingerprint density at radius 3 is 3.10 bits per heavy atom. The Hall–Kier alpha value is -0.870. The highest BCUT2D eigenvalue weighted by molar-refractivity contribution is 4.96. The van der Waals surface area contributed by atoms with Crippen molar-refractivity contribution in [3.8, 4) is 0 Å². The van der Waals surface area contributed by atoms with Gasteiger partial charge in [0.15, 0.2) is 0 Å². The number of nitrogens with zero attached hydrogens (tertiary/aromatic N) is 3. The molecule has 21 heavy (non-hydrogen) atoms. The molecule has 0 radical (unpaired) electrons. The van der Waals surface area contributed by atoms with E-state index in [9.17, 15) is 0 Å². The lowest BCUT2D eigenvalue weighted by Crippen LogP contribution is -2.47. The van der Waals surface area contributed by atoms with Crippen molar-refractivity contribution in [2.24, 2.45) is 11.8 Å². The maximum Gasteiger partial charge on any atom is 0.122 e. The zero-order valence-corrected chi connectivity index (χ0v) is 13.6. The van der Waals surface area contributed by atoms with Gasteiger partial charge in [0.25, 0.3) is 0 Å². The summed E-state index contributed by atoms with van der Waals surface area (Å²) in [6.45, 7) is 10.4. The quantitative estimate of drug-likeness (QED) is 0.904. The molecule has 1 N–H and O–H groups in total. The smallest absolute Gasteiger partial charge is 0.122 e. The summed E-state index contributed by atoms with van der Waals surface area (Å²) in [6, 6.07) is 0.725. The van der Waals surface area contributed by atoms with Gasteiger partial charge in [0, 0.05) is 38.1 Å². The number of nitrogens with one attached hydrogen (secondary N) is 1. The van der Waals surface area contributed by atoms with Gasteiger partial charge in [-0.1, -0.05) is 13.8 Å². The highest BCUT2D eigenvalue weighted by atomic mass is 15.2. The zero-order valence-electron chi connectivity index (χ0n) is 13.6. The lowest BCUT2D eigenvalue weighted by atomic mass is 9.78. The van der Waals surface area contributed by atoms with E-state index in [1.54, 1.807) is 0 Å². The van der Waals surface area contributed by atoms with E-state index in [2.05, 4.69) is 39.8 Å². The van der Waals surface area contributed by atoms with Gasteiger partial charge < -0.3 is 9.88 Å². The second-order valence-electron chi connectivity index (χ2n) is 7.01. The molecule has 1 aliphatic heterocycles. The number of rotatable bonds is 5. The topological polar surface area (TPSA) is 33.1 Å². The normalized spacial score (nSPS) is 30.3. The molecule has 3 unspecified atom stereocenters. The maximum absolute atomic E-state index is 4.49. The molecule has 3 atom stereocenters. The van der Waals surface area contributed by atoms with Gasteiger partial charge in [0.1, 0.15) is 5.82 Å². The minimum Gasteiger partial charge on any atom is -0.333 e. The monoisotopic (exact) mass is 290 g/mol. The summed E-state index contributed by atoms with van der Waals surface area (Å²) in [6.07, 6.45) is 9.41. The minimum atomic E-state index is 0.725. The molecule has 0 saturated heterocycles. The van der Waals surface area contributed by atoms with E-state index < -0.39 is 0 Å². The Balaban J connectivity index is 1.58. The molecular weight excluding hydrogens is 260 g/mol. The van der Waals surface area contributed by atoms with Crippen LogP contribution in [0.2, 0.25) is 0 Å². The van der Waals surface area contributed by atoms with Crippen LogP contribution < -0.4 is 5.32 Å². The molecular formula is C17H30N4. The molecule has 2 aliphatic rings. The lowest BCUT2D eigenvalue weighted by Gasteiger charge is -2.39. The first-order valence-corrected chi connectivity index (χ1v) is 8.72. The highest BCUT2D eigenvalue weighted by Crippen LogP contribution is 2.30. The summed E-state index contributed by atoms with van der Waals surface area (Å²) in [4.78, 5) is 7.11. The van der Waals surface area contributed by atoms with E-state index in [4.69, 9.17) is 0 Å². The molecule has 0 amide bonds. The van der Waals surface area contributed by atoms with Gasteiger partial charge in [0.05, 0.1) is 6.54 Å². The van der Waals surface area contributed by atoms with Gasteiger partial charge in [-0.25, -0.2) is 4.98 Å². The van der Waals surface area contributed by atoms with Crippen LogP contribution in [0.3, 0.4) is 0 Å². The fraction of sp³-hybridized carbons (Fsp3) is 0.824. The molecule has 3 rings (SSSR count). The van der Waals surface area contributed by atoms with Crippen molar-refractivity contribution in [1.29, 1.82) is 0 Å². The Morgan fingerprint density at radius 2 is 2.24 bits per heavy atom. The average molecular weight is 290 g/mol. The summed E-state index contributed by atoms with van der Waals surface area (Å²) < 4.78 is 2.30. The molecule has 118 valence electrons. The van der Waals surface area contributed by atoms with Crippen LogP contribution in [0.1, 0.15) is 45.4 Å². The molecule has 1 fully saturated rings. The summed E-state index contributed by atoms with van der Waals surface area (Å²) in [5, 5.41) is 3.80. The Labute approximate surface area is 128 Å². The highest BCUT2D eigenvalue weighted by Gasteiger charge is 2.30. The summed E-state index contributed by atoms with van der Waals surface area (Å²) in [5.41, 5.74) is 0. The third-order valence-corrected chi connectivity index (χ3v) is 5.22. The third-order valence-electron chi connectivity index (χ3n) is 5.22. The van der Waals surface area contributed by atoms with E-state index in [-0.39, 0.29) is 0 Å². The standard InChI is InChI=1S/C17H30N4/c1-3-6-18-16-5-4-14(2)11-15(16)12-20-9-10-21-8-7-19-17(21)13-20/h7-8,14-16,18H,3-6,9-13H2,1-2H3. The van der Waals surface area contributed by atoms with E-state index in [0.29, 0.717) is 0 Å². The van der Waals surface area contributed by atoms with Crippen LogP contribution in [0.4, 0.5) is 0 Å². The van der Waals surface area contributed by atoms with Crippen molar-refractivity contribution >= 4 is 0 Å². The third kappa shape index (κ3) is 3.67. The lowest BCUT2D eigenvalue weighted by molar-refractivity contribution is 0.124. The van der Waals surface area contributed by atoms with Crippen molar-refractivity contribution in [3.63, 3.8) is 0 Å². The van der Waals surface area contributed by atoms with Crippen molar-refractivity contribution in [1.82, 2.24) is 19.8 Å². The van der Waals surface area contributed by atoms with Crippen LogP contribution in [0, 0.1) is 11.8 Å². The van der Waals surface area contributed by atoms with E-state index >= 15 is 0 Å². The molecule has 0 bridgehead atoms. The number of hydrogen-bond acceptors (Lipinski definition) is 3.